The van der Waals surface area contributed by atoms with E-state index in [1.54, 1.807) is 6.92 Å². The number of carbonyl (C=O) groups excluding carboxylic acids is 1. The monoisotopic (exact) mass is 148 g/mol. The van der Waals surface area contributed by atoms with Crippen LogP contribution in [0.3, 0.4) is 0 Å². The average molecular weight is 148 g/mol. The van der Waals surface area contributed by atoms with Crippen molar-refractivity contribution in [3.63, 3.8) is 0 Å². The molecule has 2 nitrogen and oxygen atoms in total. The predicted molar refractivity (Wildman–Crippen MR) is 40.0 cm³/mol. The van der Waals surface area contributed by atoms with Gasteiger partial charge in [0.1, 0.15) is 5.78 Å². The fraction of sp³-hybridized carbons (Fsp3) is 0.833. The van der Waals surface area contributed by atoms with Gasteiger partial charge in [0.15, 0.2) is 0 Å². The molecule has 3 heteroatoms. The predicted octanol–water partition coefficient (Wildman–Crippen LogP) is 0.725. The van der Waals surface area contributed by atoms with E-state index in [4.69, 9.17) is 4.74 Å². The Hall–Kier alpha value is -0.0200. The van der Waals surface area contributed by atoms with E-state index < -0.39 is 0 Å². The lowest BCUT2D eigenvalue weighted by atomic mass is 10.1. The summed E-state index contributed by atoms with van der Waals surface area (Å²) in [7, 11) is 0. The fourth-order valence-electron chi connectivity index (χ4n) is 0.855. The molecule has 0 N–H and O–H groups in total. The number of hydrogen-bond acceptors (Lipinski definition) is 2. The van der Waals surface area contributed by atoms with Crippen molar-refractivity contribution in [2.24, 2.45) is 5.92 Å². The number of Topliss-reactive ketones (excluding diaryl/α,β-unsaturated/α-hetero) is 1. The van der Waals surface area contributed by atoms with Gasteiger partial charge in [0, 0.05) is 12.5 Å². The van der Waals surface area contributed by atoms with Crippen LogP contribution in [0.2, 0.25) is 0 Å². The molecule has 0 aromatic heterocycles. The van der Waals surface area contributed by atoms with Crippen molar-refractivity contribution in [1.29, 1.82) is 0 Å². The van der Waals surface area contributed by atoms with Crippen molar-refractivity contribution in [1.82, 2.24) is 0 Å². The minimum atomic E-state index is 0. The van der Waals surface area contributed by atoms with Gasteiger partial charge in [-0.3, -0.25) is 4.79 Å². The third-order valence-corrected chi connectivity index (χ3v) is 1.50. The molecule has 0 aromatic carbocycles. The minimum Gasteiger partial charge on any atom is -0.381 e. The fourth-order valence-corrected chi connectivity index (χ4v) is 0.855. The summed E-state index contributed by atoms with van der Waals surface area (Å²) >= 11 is 0. The van der Waals surface area contributed by atoms with Gasteiger partial charge < -0.3 is 4.74 Å². The molecule has 1 rings (SSSR count). The van der Waals surface area contributed by atoms with Gasteiger partial charge in [0.05, 0.1) is 6.61 Å². The maximum atomic E-state index is 10.6. The van der Waals surface area contributed by atoms with Crippen molar-refractivity contribution < 1.29 is 9.53 Å². The quantitative estimate of drug-likeness (QED) is 0.548. The zero-order valence-corrected chi connectivity index (χ0v) is 6.52. The maximum Gasteiger partial charge on any atom is 0.135 e. The highest BCUT2D eigenvalue weighted by Crippen LogP contribution is 2.12. The summed E-state index contributed by atoms with van der Waals surface area (Å²) in [6, 6.07) is 0. The minimum absolute atomic E-state index is 0. The van der Waals surface area contributed by atoms with Gasteiger partial charge in [0.2, 0.25) is 0 Å². The maximum absolute atomic E-state index is 10.6. The highest BCUT2D eigenvalue weighted by atomic mass is 32.1. The van der Waals surface area contributed by atoms with Gasteiger partial charge in [0.25, 0.3) is 0 Å². The summed E-state index contributed by atoms with van der Waals surface area (Å²) in [5.41, 5.74) is 0. The molecule has 0 spiro atoms. The Morgan fingerprint density at radius 1 is 1.67 bits per heavy atom. The molecular weight excluding hydrogens is 136 g/mol. The van der Waals surface area contributed by atoms with Crippen molar-refractivity contribution in [3.8, 4) is 0 Å². The van der Waals surface area contributed by atoms with Gasteiger partial charge in [-0.1, -0.05) is 0 Å². The van der Waals surface area contributed by atoms with Crippen molar-refractivity contribution >= 4 is 19.3 Å². The highest BCUT2D eigenvalue weighted by molar-refractivity contribution is 7.59. The molecule has 9 heavy (non-hydrogen) atoms. The first-order chi connectivity index (χ1) is 3.80. The first-order valence-electron chi connectivity index (χ1n) is 2.89. The summed E-state index contributed by atoms with van der Waals surface area (Å²) in [4.78, 5) is 10.6. The molecule has 1 aliphatic heterocycles. The van der Waals surface area contributed by atoms with Crippen LogP contribution in [0.5, 0.6) is 0 Å². The van der Waals surface area contributed by atoms with Crippen LogP contribution in [0.1, 0.15) is 13.3 Å². The lowest BCUT2D eigenvalue weighted by molar-refractivity contribution is -0.120. The molecule has 0 radical (unpaired) electrons. The topological polar surface area (TPSA) is 26.3 Å². The van der Waals surface area contributed by atoms with E-state index in [0.717, 1.165) is 13.0 Å². The van der Waals surface area contributed by atoms with Crippen molar-refractivity contribution in [3.05, 3.63) is 0 Å². The Labute approximate surface area is 62.0 Å². The summed E-state index contributed by atoms with van der Waals surface area (Å²) < 4.78 is 5.00. The summed E-state index contributed by atoms with van der Waals surface area (Å²) in [5.74, 6) is 0.470. The molecule has 0 saturated carbocycles. The molecule has 1 atom stereocenters. The Kier molecular flexibility index (Phi) is 3.89. The van der Waals surface area contributed by atoms with Crippen LogP contribution in [0, 0.1) is 5.92 Å². The Morgan fingerprint density at radius 2 is 2.33 bits per heavy atom. The normalized spacial score (nSPS) is 25.2. The lowest BCUT2D eigenvalue weighted by Crippen LogP contribution is -2.09. The van der Waals surface area contributed by atoms with Crippen LogP contribution in [0.4, 0.5) is 0 Å². The van der Waals surface area contributed by atoms with Crippen LogP contribution in [-0.4, -0.2) is 19.0 Å². The zero-order valence-electron chi connectivity index (χ0n) is 5.52. The standard InChI is InChI=1S/C6H10O2.H2S/c1-5(7)6-2-3-8-4-6;/h6H,2-4H2,1H3;1H2. The van der Waals surface area contributed by atoms with Crippen LogP contribution in [-0.2, 0) is 9.53 Å². The number of rotatable bonds is 1. The van der Waals surface area contributed by atoms with E-state index >= 15 is 0 Å². The highest BCUT2D eigenvalue weighted by Gasteiger charge is 2.18. The van der Waals surface area contributed by atoms with Gasteiger partial charge in [-0.15, -0.1) is 0 Å². The van der Waals surface area contributed by atoms with Crippen LogP contribution in [0.25, 0.3) is 0 Å². The first kappa shape index (κ1) is 8.98. The summed E-state index contributed by atoms with van der Waals surface area (Å²) in [6.07, 6.45) is 0.926. The number of ketones is 1. The van der Waals surface area contributed by atoms with Crippen molar-refractivity contribution in [2.75, 3.05) is 13.2 Å². The second-order valence-electron chi connectivity index (χ2n) is 2.17. The molecule has 0 aromatic rings. The van der Waals surface area contributed by atoms with Gasteiger partial charge in [-0.25, -0.2) is 0 Å². The van der Waals surface area contributed by atoms with E-state index in [1.807, 2.05) is 0 Å². The first-order valence-corrected chi connectivity index (χ1v) is 2.89. The van der Waals surface area contributed by atoms with Crippen LogP contribution in [0.15, 0.2) is 0 Å². The Balaban J connectivity index is 0.000000640. The Morgan fingerprint density at radius 3 is 2.56 bits per heavy atom. The van der Waals surface area contributed by atoms with E-state index in [1.165, 1.54) is 0 Å². The van der Waals surface area contributed by atoms with Gasteiger partial charge in [-0.2, -0.15) is 13.5 Å². The van der Waals surface area contributed by atoms with Crippen LogP contribution < -0.4 is 0 Å². The smallest absolute Gasteiger partial charge is 0.135 e. The molecule has 1 fully saturated rings. The van der Waals surface area contributed by atoms with E-state index in [2.05, 4.69) is 0 Å². The van der Waals surface area contributed by atoms with Crippen molar-refractivity contribution in [2.45, 2.75) is 13.3 Å². The molecule has 54 valence electrons. The summed E-state index contributed by atoms with van der Waals surface area (Å²) in [6.45, 7) is 3.04. The number of hydrogen-bond donors (Lipinski definition) is 0. The molecule has 1 aliphatic rings. The molecule has 0 aliphatic carbocycles. The van der Waals surface area contributed by atoms with E-state index in [0.29, 0.717) is 6.61 Å². The molecular formula is C6H12O2S. The van der Waals surface area contributed by atoms with Gasteiger partial charge >= 0.3 is 0 Å². The largest absolute Gasteiger partial charge is 0.381 e. The molecule has 1 unspecified atom stereocenters. The van der Waals surface area contributed by atoms with Crippen LogP contribution >= 0.6 is 13.5 Å². The molecule has 0 amide bonds. The number of carbonyl (C=O) groups is 1. The third kappa shape index (κ3) is 2.37. The second-order valence-corrected chi connectivity index (χ2v) is 2.17. The average Bonchev–Trinajstić information content (AvgIpc) is 2.12. The third-order valence-electron chi connectivity index (χ3n) is 1.50. The molecule has 1 saturated heterocycles. The lowest BCUT2D eigenvalue weighted by Gasteiger charge is -1.97. The summed E-state index contributed by atoms with van der Waals surface area (Å²) in [5, 5.41) is 0. The Bertz CT molecular complexity index is 97.2. The second kappa shape index (κ2) is 3.90. The number of ether oxygens (including phenoxy) is 1. The van der Waals surface area contributed by atoms with Gasteiger partial charge in [-0.05, 0) is 13.3 Å². The zero-order chi connectivity index (χ0) is 5.98. The molecule has 1 heterocycles. The van der Waals surface area contributed by atoms with E-state index in [-0.39, 0.29) is 25.2 Å². The van der Waals surface area contributed by atoms with E-state index in [9.17, 15) is 4.79 Å². The molecule has 0 bridgehead atoms. The SMILES string of the molecule is CC(=O)C1CCOC1.S.